The minimum absolute atomic E-state index is 0.00463. The van der Waals surface area contributed by atoms with Gasteiger partial charge in [-0.25, -0.2) is 0 Å². The number of piperidine rings is 1. The zero-order valence-electron chi connectivity index (χ0n) is 16.4. The second-order valence-corrected chi connectivity index (χ2v) is 7.49. The molecule has 0 radical (unpaired) electrons. The number of aryl methyl sites for hydroxylation is 1. The monoisotopic (exact) mass is 382 g/mol. The number of carbonyl (C=O) groups excluding carboxylic acids is 2. The van der Waals surface area contributed by atoms with Gasteiger partial charge in [0.2, 0.25) is 5.91 Å². The quantitative estimate of drug-likeness (QED) is 0.873. The fourth-order valence-corrected chi connectivity index (χ4v) is 4.16. The molecule has 0 spiro atoms. The molecule has 1 atom stereocenters. The standard InChI is InChI=1S/C21H26N4O3/c1-14-18(10-15-5-6-17(28-2)11-19(15)23-14)21(27)24-8-3-4-16(13-24)25-9-7-22-12-20(25)26/h5-6,10-11,16,22H,3-4,7-9,12-13H2,1-2H3. The van der Waals surface area contributed by atoms with Crippen LogP contribution >= 0.6 is 0 Å². The van der Waals surface area contributed by atoms with Crippen molar-refractivity contribution in [3.05, 3.63) is 35.5 Å². The number of fused-ring (bicyclic) bond motifs is 1. The Hall–Kier alpha value is -2.67. The molecular formula is C21H26N4O3. The van der Waals surface area contributed by atoms with Gasteiger partial charge in [0.25, 0.3) is 5.91 Å². The first-order valence-corrected chi connectivity index (χ1v) is 9.81. The molecule has 2 saturated heterocycles. The molecule has 0 saturated carbocycles. The summed E-state index contributed by atoms with van der Waals surface area (Å²) >= 11 is 0. The van der Waals surface area contributed by atoms with Crippen molar-refractivity contribution in [1.82, 2.24) is 20.1 Å². The molecule has 7 nitrogen and oxygen atoms in total. The van der Waals surface area contributed by atoms with Crippen molar-refractivity contribution < 1.29 is 14.3 Å². The van der Waals surface area contributed by atoms with Crippen molar-refractivity contribution in [1.29, 1.82) is 0 Å². The minimum Gasteiger partial charge on any atom is -0.497 e. The Labute approximate surface area is 164 Å². The second-order valence-electron chi connectivity index (χ2n) is 7.49. The van der Waals surface area contributed by atoms with Crippen LogP contribution in [0, 0.1) is 6.92 Å². The van der Waals surface area contributed by atoms with E-state index in [1.165, 1.54) is 0 Å². The Bertz CT molecular complexity index is 914. The van der Waals surface area contributed by atoms with Gasteiger partial charge in [0.1, 0.15) is 5.75 Å². The topological polar surface area (TPSA) is 74.8 Å². The number of rotatable bonds is 3. The first-order valence-electron chi connectivity index (χ1n) is 9.81. The molecular weight excluding hydrogens is 356 g/mol. The van der Waals surface area contributed by atoms with Crippen LogP contribution in [0.2, 0.25) is 0 Å². The molecule has 2 fully saturated rings. The van der Waals surface area contributed by atoms with Crippen molar-refractivity contribution in [2.75, 3.05) is 39.8 Å². The highest BCUT2D eigenvalue weighted by Crippen LogP contribution is 2.24. The maximum atomic E-state index is 13.2. The fraction of sp³-hybridized carbons (Fsp3) is 0.476. The average Bonchev–Trinajstić information content (AvgIpc) is 2.72. The molecule has 1 aromatic heterocycles. The number of benzene rings is 1. The van der Waals surface area contributed by atoms with Gasteiger partial charge in [-0.3, -0.25) is 14.6 Å². The van der Waals surface area contributed by atoms with Crippen LogP contribution in [0.25, 0.3) is 10.9 Å². The molecule has 3 heterocycles. The third kappa shape index (κ3) is 3.54. The number of hydrogen-bond donors (Lipinski definition) is 1. The second kappa shape index (κ2) is 7.75. The van der Waals surface area contributed by atoms with Crippen LogP contribution in [0.5, 0.6) is 5.75 Å². The van der Waals surface area contributed by atoms with Crippen LogP contribution in [0.1, 0.15) is 28.9 Å². The van der Waals surface area contributed by atoms with E-state index in [4.69, 9.17) is 4.74 Å². The summed E-state index contributed by atoms with van der Waals surface area (Å²) in [6.45, 7) is 5.09. The number of carbonyl (C=O) groups is 2. The summed E-state index contributed by atoms with van der Waals surface area (Å²) < 4.78 is 5.26. The first kappa shape index (κ1) is 18.7. The third-order valence-electron chi connectivity index (χ3n) is 5.70. The average molecular weight is 382 g/mol. The lowest BCUT2D eigenvalue weighted by atomic mass is 10.0. The summed E-state index contributed by atoms with van der Waals surface area (Å²) in [5, 5.41) is 4.02. The lowest BCUT2D eigenvalue weighted by molar-refractivity contribution is -0.135. The number of amides is 2. The number of aromatic nitrogens is 1. The summed E-state index contributed by atoms with van der Waals surface area (Å²) in [6.07, 6.45) is 1.86. The Morgan fingerprint density at radius 1 is 1.29 bits per heavy atom. The van der Waals surface area contributed by atoms with Gasteiger partial charge in [-0.15, -0.1) is 0 Å². The summed E-state index contributed by atoms with van der Waals surface area (Å²) in [5.41, 5.74) is 2.16. The van der Waals surface area contributed by atoms with Crippen LogP contribution < -0.4 is 10.1 Å². The van der Waals surface area contributed by atoms with Crippen molar-refractivity contribution in [3.63, 3.8) is 0 Å². The summed E-state index contributed by atoms with van der Waals surface area (Å²) in [5.74, 6) is 0.871. The predicted octanol–water partition coefficient (Wildman–Crippen LogP) is 1.59. The van der Waals surface area contributed by atoms with Gasteiger partial charge < -0.3 is 19.9 Å². The number of piperazine rings is 1. The minimum atomic E-state index is -0.00463. The molecule has 7 heteroatoms. The van der Waals surface area contributed by atoms with Crippen LogP contribution in [-0.2, 0) is 4.79 Å². The van der Waals surface area contributed by atoms with E-state index < -0.39 is 0 Å². The van der Waals surface area contributed by atoms with E-state index in [0.29, 0.717) is 30.9 Å². The highest BCUT2D eigenvalue weighted by Gasteiger charge is 2.32. The molecule has 0 aliphatic carbocycles. The third-order valence-corrected chi connectivity index (χ3v) is 5.70. The maximum absolute atomic E-state index is 13.2. The van der Waals surface area contributed by atoms with Gasteiger partial charge in [0.15, 0.2) is 0 Å². The van der Waals surface area contributed by atoms with E-state index in [2.05, 4.69) is 10.3 Å². The van der Waals surface area contributed by atoms with Crippen LogP contribution in [0.15, 0.2) is 24.3 Å². The molecule has 1 unspecified atom stereocenters. The molecule has 0 bridgehead atoms. The number of likely N-dealkylation sites (tertiary alicyclic amines) is 1. The van der Waals surface area contributed by atoms with Gasteiger partial charge in [0.05, 0.1) is 30.4 Å². The molecule has 2 amide bonds. The Morgan fingerprint density at radius 3 is 2.93 bits per heavy atom. The van der Waals surface area contributed by atoms with Gasteiger partial charge >= 0.3 is 0 Å². The number of pyridine rings is 1. The molecule has 148 valence electrons. The summed E-state index contributed by atoms with van der Waals surface area (Å²) in [7, 11) is 1.63. The van der Waals surface area contributed by atoms with E-state index in [9.17, 15) is 9.59 Å². The van der Waals surface area contributed by atoms with E-state index >= 15 is 0 Å². The first-order chi connectivity index (χ1) is 13.6. The Morgan fingerprint density at radius 2 is 2.14 bits per heavy atom. The normalized spacial score (nSPS) is 20.5. The maximum Gasteiger partial charge on any atom is 0.255 e. The van der Waals surface area contributed by atoms with Crippen LogP contribution in [0.4, 0.5) is 0 Å². The van der Waals surface area contributed by atoms with Crippen molar-refractivity contribution in [2.24, 2.45) is 0 Å². The number of ether oxygens (including phenoxy) is 1. The SMILES string of the molecule is COc1ccc2cc(C(=O)N3CCCC(N4CCNCC4=O)C3)c(C)nc2c1. The summed E-state index contributed by atoms with van der Waals surface area (Å²) in [4.78, 5) is 33.9. The van der Waals surface area contributed by atoms with Crippen LogP contribution in [-0.4, -0.2) is 72.5 Å². The molecule has 1 aromatic carbocycles. The number of nitrogens with zero attached hydrogens (tertiary/aromatic N) is 3. The van der Waals surface area contributed by atoms with Crippen molar-refractivity contribution in [2.45, 2.75) is 25.8 Å². The van der Waals surface area contributed by atoms with Gasteiger partial charge in [-0.2, -0.15) is 0 Å². The van der Waals surface area contributed by atoms with E-state index in [0.717, 1.165) is 42.6 Å². The zero-order valence-corrected chi connectivity index (χ0v) is 16.4. The highest BCUT2D eigenvalue weighted by molar-refractivity contribution is 5.99. The van der Waals surface area contributed by atoms with E-state index in [-0.39, 0.29) is 17.9 Å². The van der Waals surface area contributed by atoms with Gasteiger partial charge in [-0.1, -0.05) is 0 Å². The number of hydrogen-bond acceptors (Lipinski definition) is 5. The molecule has 2 aliphatic heterocycles. The van der Waals surface area contributed by atoms with E-state index in [1.54, 1.807) is 7.11 Å². The van der Waals surface area contributed by atoms with Gasteiger partial charge in [0, 0.05) is 43.7 Å². The van der Waals surface area contributed by atoms with Crippen molar-refractivity contribution >= 4 is 22.7 Å². The predicted molar refractivity (Wildman–Crippen MR) is 107 cm³/mol. The molecule has 1 N–H and O–H groups in total. The van der Waals surface area contributed by atoms with E-state index in [1.807, 2.05) is 41.0 Å². The lowest BCUT2D eigenvalue weighted by Crippen LogP contribution is -2.57. The van der Waals surface area contributed by atoms with Crippen molar-refractivity contribution in [3.8, 4) is 5.75 Å². The zero-order chi connectivity index (χ0) is 19.7. The Balaban J connectivity index is 1.56. The molecule has 4 rings (SSSR count). The largest absolute Gasteiger partial charge is 0.497 e. The summed E-state index contributed by atoms with van der Waals surface area (Å²) in [6, 6.07) is 7.70. The van der Waals surface area contributed by atoms with Gasteiger partial charge in [-0.05, 0) is 38.0 Å². The number of nitrogens with one attached hydrogen (secondary N) is 1. The molecule has 28 heavy (non-hydrogen) atoms. The highest BCUT2D eigenvalue weighted by atomic mass is 16.5. The number of methoxy groups -OCH3 is 1. The van der Waals surface area contributed by atoms with Crippen LogP contribution in [0.3, 0.4) is 0 Å². The molecule has 2 aromatic rings. The lowest BCUT2D eigenvalue weighted by Gasteiger charge is -2.41. The fourth-order valence-electron chi connectivity index (χ4n) is 4.16. The smallest absolute Gasteiger partial charge is 0.255 e. The molecule has 2 aliphatic rings. The Kier molecular flexibility index (Phi) is 5.17.